The summed E-state index contributed by atoms with van der Waals surface area (Å²) in [6.07, 6.45) is 0.133. The van der Waals surface area contributed by atoms with Crippen LogP contribution in [0.3, 0.4) is 0 Å². The number of carbonyl (C=O) groups excluding carboxylic acids is 2. The van der Waals surface area contributed by atoms with E-state index in [1.807, 2.05) is 30.3 Å². The Labute approximate surface area is 155 Å². The van der Waals surface area contributed by atoms with Crippen molar-refractivity contribution in [1.29, 1.82) is 0 Å². The molecule has 1 N–H and O–H groups in total. The van der Waals surface area contributed by atoms with Crippen LogP contribution < -0.4 is 10.1 Å². The van der Waals surface area contributed by atoms with E-state index in [9.17, 15) is 19.7 Å². The van der Waals surface area contributed by atoms with Gasteiger partial charge >= 0.3 is 0 Å². The van der Waals surface area contributed by atoms with E-state index in [2.05, 4.69) is 5.32 Å². The second-order valence-corrected chi connectivity index (χ2v) is 6.29. The molecule has 1 aliphatic rings. The quantitative estimate of drug-likeness (QED) is 0.623. The summed E-state index contributed by atoms with van der Waals surface area (Å²) in [4.78, 5) is 36.8. The van der Waals surface area contributed by atoms with Gasteiger partial charge in [0.1, 0.15) is 5.75 Å². The smallest absolute Gasteiger partial charge is 0.273 e. The third kappa shape index (κ3) is 4.22. The number of benzene rings is 2. The van der Waals surface area contributed by atoms with Crippen LogP contribution in [0.5, 0.6) is 5.75 Å². The first-order chi connectivity index (χ1) is 13.0. The van der Waals surface area contributed by atoms with Crippen molar-refractivity contribution in [2.24, 2.45) is 5.92 Å². The lowest BCUT2D eigenvalue weighted by Crippen LogP contribution is -2.28. The minimum Gasteiger partial charge on any atom is -0.494 e. The monoisotopic (exact) mass is 369 g/mol. The third-order valence-corrected chi connectivity index (χ3v) is 4.46. The molecular weight excluding hydrogens is 350 g/mol. The number of carbonyl (C=O) groups is 2. The highest BCUT2D eigenvalue weighted by atomic mass is 16.6. The number of nitro benzene ring substituents is 1. The number of likely N-dealkylation sites (tertiary alicyclic amines) is 1. The molecule has 27 heavy (non-hydrogen) atoms. The largest absolute Gasteiger partial charge is 0.494 e. The summed E-state index contributed by atoms with van der Waals surface area (Å²) in [6, 6.07) is 13.5. The summed E-state index contributed by atoms with van der Waals surface area (Å²) in [5.74, 6) is -0.676. The topological polar surface area (TPSA) is 102 Å². The molecule has 2 aromatic rings. The lowest BCUT2D eigenvalue weighted by Gasteiger charge is -2.17. The zero-order valence-electron chi connectivity index (χ0n) is 14.8. The fraction of sp³-hybridized carbons (Fsp3) is 0.263. The third-order valence-electron chi connectivity index (χ3n) is 4.46. The van der Waals surface area contributed by atoms with Crippen molar-refractivity contribution in [1.82, 2.24) is 4.90 Å². The standard InChI is InChI=1S/C19H19N3O5/c1-27-17-10-15(22(25)26)7-8-16(17)20-19(24)14-9-18(23)21(12-14)11-13-5-3-2-4-6-13/h2-8,10,14H,9,11-12H2,1H3,(H,20,24). The average Bonchev–Trinajstić information content (AvgIpc) is 3.03. The minimum atomic E-state index is -0.536. The molecule has 140 valence electrons. The Morgan fingerprint density at radius 1 is 1.30 bits per heavy atom. The van der Waals surface area contributed by atoms with E-state index >= 15 is 0 Å². The number of methoxy groups -OCH3 is 1. The van der Waals surface area contributed by atoms with E-state index in [-0.39, 0.29) is 29.7 Å². The van der Waals surface area contributed by atoms with Crippen molar-refractivity contribution in [2.75, 3.05) is 19.0 Å². The van der Waals surface area contributed by atoms with Crippen LogP contribution in [0, 0.1) is 16.0 Å². The van der Waals surface area contributed by atoms with E-state index in [1.54, 1.807) is 4.90 Å². The maximum Gasteiger partial charge on any atom is 0.273 e. The number of amides is 2. The molecule has 0 radical (unpaired) electrons. The van der Waals surface area contributed by atoms with Crippen LogP contribution in [-0.2, 0) is 16.1 Å². The number of non-ortho nitro benzene ring substituents is 1. The van der Waals surface area contributed by atoms with E-state index in [1.165, 1.54) is 25.3 Å². The van der Waals surface area contributed by atoms with Gasteiger partial charge in [0.2, 0.25) is 11.8 Å². The van der Waals surface area contributed by atoms with E-state index in [0.29, 0.717) is 18.8 Å². The summed E-state index contributed by atoms with van der Waals surface area (Å²) in [7, 11) is 1.37. The molecular formula is C19H19N3O5. The first-order valence-corrected chi connectivity index (χ1v) is 8.43. The van der Waals surface area contributed by atoms with Crippen LogP contribution in [0.4, 0.5) is 11.4 Å². The molecule has 1 unspecified atom stereocenters. The van der Waals surface area contributed by atoms with Crippen LogP contribution in [0.25, 0.3) is 0 Å². The van der Waals surface area contributed by atoms with Crippen LogP contribution in [-0.4, -0.2) is 35.3 Å². The van der Waals surface area contributed by atoms with Gasteiger partial charge in [0.05, 0.1) is 29.7 Å². The Balaban J connectivity index is 1.67. The van der Waals surface area contributed by atoms with Crippen LogP contribution >= 0.6 is 0 Å². The van der Waals surface area contributed by atoms with Crippen molar-refractivity contribution in [3.05, 3.63) is 64.2 Å². The van der Waals surface area contributed by atoms with Gasteiger partial charge in [-0.3, -0.25) is 19.7 Å². The van der Waals surface area contributed by atoms with Gasteiger partial charge in [-0.05, 0) is 11.6 Å². The van der Waals surface area contributed by atoms with Gasteiger partial charge in [-0.2, -0.15) is 0 Å². The molecule has 3 rings (SSSR count). The van der Waals surface area contributed by atoms with Crippen molar-refractivity contribution in [2.45, 2.75) is 13.0 Å². The number of hydrogen-bond acceptors (Lipinski definition) is 5. The molecule has 0 spiro atoms. The molecule has 0 aromatic heterocycles. The van der Waals surface area contributed by atoms with Gasteiger partial charge in [-0.25, -0.2) is 0 Å². The van der Waals surface area contributed by atoms with Gasteiger partial charge < -0.3 is 15.0 Å². The predicted molar refractivity (Wildman–Crippen MR) is 98.2 cm³/mol. The lowest BCUT2D eigenvalue weighted by atomic mass is 10.1. The van der Waals surface area contributed by atoms with Crippen LogP contribution in [0.2, 0.25) is 0 Å². The van der Waals surface area contributed by atoms with E-state index in [4.69, 9.17) is 4.74 Å². The molecule has 8 nitrogen and oxygen atoms in total. The highest BCUT2D eigenvalue weighted by Gasteiger charge is 2.34. The molecule has 8 heteroatoms. The number of anilines is 1. The number of nitrogens with zero attached hydrogens (tertiary/aromatic N) is 2. The van der Waals surface area contributed by atoms with Crippen LogP contribution in [0.15, 0.2) is 48.5 Å². The normalized spacial score (nSPS) is 16.3. The van der Waals surface area contributed by atoms with Gasteiger partial charge in [-0.1, -0.05) is 30.3 Å². The summed E-state index contributed by atoms with van der Waals surface area (Å²) >= 11 is 0. The SMILES string of the molecule is COc1cc([N+](=O)[O-])ccc1NC(=O)C1CC(=O)N(Cc2ccccc2)C1. The average molecular weight is 369 g/mol. The zero-order chi connectivity index (χ0) is 19.4. The maximum absolute atomic E-state index is 12.6. The fourth-order valence-corrected chi connectivity index (χ4v) is 3.04. The number of rotatable bonds is 6. The number of hydrogen-bond donors (Lipinski definition) is 1. The first kappa shape index (κ1) is 18.4. The van der Waals surface area contributed by atoms with E-state index < -0.39 is 10.8 Å². The fourth-order valence-electron chi connectivity index (χ4n) is 3.04. The highest BCUT2D eigenvalue weighted by Crippen LogP contribution is 2.30. The summed E-state index contributed by atoms with van der Waals surface area (Å²) in [5, 5.41) is 13.6. The van der Waals surface area contributed by atoms with E-state index in [0.717, 1.165) is 5.56 Å². The molecule has 1 saturated heterocycles. The maximum atomic E-state index is 12.6. The predicted octanol–water partition coefficient (Wildman–Crippen LogP) is 2.59. The molecule has 2 aromatic carbocycles. The molecule has 1 aliphatic heterocycles. The van der Waals surface area contributed by atoms with Gasteiger partial charge in [0.15, 0.2) is 0 Å². The summed E-state index contributed by atoms with van der Waals surface area (Å²) < 4.78 is 5.12. The molecule has 0 aliphatic carbocycles. The molecule has 0 bridgehead atoms. The molecule has 1 fully saturated rings. The van der Waals surface area contributed by atoms with Gasteiger partial charge in [0, 0.05) is 25.6 Å². The van der Waals surface area contributed by atoms with Crippen LogP contribution in [0.1, 0.15) is 12.0 Å². The molecule has 2 amide bonds. The Kier molecular flexibility index (Phi) is 5.35. The summed E-state index contributed by atoms with van der Waals surface area (Å²) in [6.45, 7) is 0.791. The van der Waals surface area contributed by atoms with Crippen molar-refractivity contribution >= 4 is 23.2 Å². The Morgan fingerprint density at radius 3 is 2.70 bits per heavy atom. The van der Waals surface area contributed by atoms with Crippen molar-refractivity contribution in [3.63, 3.8) is 0 Å². The molecule has 1 atom stereocenters. The highest BCUT2D eigenvalue weighted by molar-refractivity contribution is 5.98. The molecule has 1 heterocycles. The number of ether oxygens (including phenoxy) is 1. The Hall–Kier alpha value is -3.42. The van der Waals surface area contributed by atoms with Crippen molar-refractivity contribution in [3.8, 4) is 5.75 Å². The number of nitro groups is 1. The minimum absolute atomic E-state index is 0.0744. The van der Waals surface area contributed by atoms with Gasteiger partial charge in [-0.15, -0.1) is 0 Å². The second-order valence-electron chi connectivity index (χ2n) is 6.29. The summed E-state index contributed by atoms with van der Waals surface area (Å²) in [5.41, 5.74) is 1.21. The molecule has 0 saturated carbocycles. The number of nitrogens with one attached hydrogen (secondary N) is 1. The van der Waals surface area contributed by atoms with Crippen molar-refractivity contribution < 1.29 is 19.2 Å². The Bertz CT molecular complexity index is 869. The zero-order valence-corrected chi connectivity index (χ0v) is 14.8. The van der Waals surface area contributed by atoms with Gasteiger partial charge in [0.25, 0.3) is 5.69 Å². The second kappa shape index (κ2) is 7.86. The Morgan fingerprint density at radius 2 is 2.04 bits per heavy atom. The first-order valence-electron chi connectivity index (χ1n) is 8.43. The lowest BCUT2D eigenvalue weighted by molar-refractivity contribution is -0.384.